The van der Waals surface area contributed by atoms with Gasteiger partial charge in [-0.25, -0.2) is 0 Å². The Kier molecular flexibility index (Phi) is 3.55. The van der Waals surface area contributed by atoms with Gasteiger partial charge in [0.2, 0.25) is 5.91 Å². The van der Waals surface area contributed by atoms with Crippen molar-refractivity contribution in [2.24, 2.45) is 0 Å². The summed E-state index contributed by atoms with van der Waals surface area (Å²) in [5.74, 6) is 0.00672. The fraction of sp³-hybridized carbons (Fsp3) is 0.125. The van der Waals surface area contributed by atoms with E-state index in [0.717, 1.165) is 0 Å². The van der Waals surface area contributed by atoms with E-state index in [1.807, 2.05) is 30.3 Å². The summed E-state index contributed by atoms with van der Waals surface area (Å²) in [5.41, 5.74) is 1.32. The number of hydrogen-bond donors (Lipinski definition) is 2. The molecule has 0 saturated heterocycles. The first-order valence-electron chi connectivity index (χ1n) is 6.64. The van der Waals surface area contributed by atoms with Gasteiger partial charge in [0.05, 0.1) is 12.1 Å². The lowest BCUT2D eigenvalue weighted by Crippen LogP contribution is -2.39. The van der Waals surface area contributed by atoms with Gasteiger partial charge in [-0.05, 0) is 24.3 Å². The summed E-state index contributed by atoms with van der Waals surface area (Å²) in [6.07, 6.45) is -0.849. The monoisotopic (exact) mass is 282 g/mol. The Hall–Kier alpha value is -2.82. The molecular formula is C16H14N2O3. The van der Waals surface area contributed by atoms with Gasteiger partial charge < -0.3 is 15.4 Å². The van der Waals surface area contributed by atoms with Gasteiger partial charge in [0, 0.05) is 5.69 Å². The quantitative estimate of drug-likeness (QED) is 0.908. The van der Waals surface area contributed by atoms with Crippen LogP contribution in [0.5, 0.6) is 5.75 Å². The van der Waals surface area contributed by atoms with Gasteiger partial charge in [0.25, 0.3) is 5.91 Å². The summed E-state index contributed by atoms with van der Waals surface area (Å²) < 4.78 is 5.58. The highest BCUT2D eigenvalue weighted by Crippen LogP contribution is 2.29. The predicted molar refractivity (Wildman–Crippen MR) is 79.2 cm³/mol. The molecule has 1 unspecified atom stereocenters. The molecule has 1 heterocycles. The van der Waals surface area contributed by atoms with Gasteiger partial charge in [0.15, 0.2) is 6.10 Å². The van der Waals surface area contributed by atoms with Gasteiger partial charge in [-0.3, -0.25) is 9.59 Å². The van der Waals surface area contributed by atoms with Crippen LogP contribution in [-0.4, -0.2) is 17.9 Å². The van der Waals surface area contributed by atoms with Gasteiger partial charge >= 0.3 is 0 Å². The summed E-state index contributed by atoms with van der Waals surface area (Å²) in [6.45, 7) is 0. The van der Waals surface area contributed by atoms with Crippen LogP contribution in [0, 0.1) is 0 Å². The van der Waals surface area contributed by atoms with Crippen molar-refractivity contribution < 1.29 is 14.3 Å². The van der Waals surface area contributed by atoms with Gasteiger partial charge in [-0.15, -0.1) is 0 Å². The Balaban J connectivity index is 1.65. The summed E-state index contributed by atoms with van der Waals surface area (Å²) in [7, 11) is 0. The fourth-order valence-corrected chi connectivity index (χ4v) is 2.13. The lowest BCUT2D eigenvalue weighted by Gasteiger charge is -2.25. The molecular weight excluding hydrogens is 268 g/mol. The molecule has 0 aromatic heterocycles. The Morgan fingerprint density at radius 3 is 2.62 bits per heavy atom. The number of ether oxygens (including phenoxy) is 1. The third kappa shape index (κ3) is 3.02. The van der Waals surface area contributed by atoms with Crippen molar-refractivity contribution in [3.8, 4) is 5.75 Å². The van der Waals surface area contributed by atoms with E-state index in [4.69, 9.17) is 4.74 Å². The number of carbonyl (C=O) groups is 2. The van der Waals surface area contributed by atoms with Crippen LogP contribution in [0.25, 0.3) is 0 Å². The molecule has 0 bridgehead atoms. The van der Waals surface area contributed by atoms with Crippen LogP contribution in [0.2, 0.25) is 0 Å². The SMILES string of the molecule is O=C(CC1Oc2ccccc2NC1=O)Nc1ccccc1. The highest BCUT2D eigenvalue weighted by molar-refractivity contribution is 6.01. The maximum absolute atomic E-state index is 12.0. The number of amides is 2. The largest absolute Gasteiger partial charge is 0.478 e. The Labute approximate surface area is 121 Å². The third-order valence-corrected chi connectivity index (χ3v) is 3.13. The first-order valence-corrected chi connectivity index (χ1v) is 6.64. The average Bonchev–Trinajstić information content (AvgIpc) is 2.49. The van der Waals surface area contributed by atoms with Crippen molar-refractivity contribution in [1.82, 2.24) is 0 Å². The lowest BCUT2D eigenvalue weighted by molar-refractivity contribution is -0.128. The van der Waals surface area contributed by atoms with E-state index in [2.05, 4.69) is 10.6 Å². The van der Waals surface area contributed by atoms with E-state index < -0.39 is 6.10 Å². The summed E-state index contributed by atoms with van der Waals surface area (Å²) >= 11 is 0. The predicted octanol–water partition coefficient (Wildman–Crippen LogP) is 2.41. The molecule has 2 N–H and O–H groups in total. The van der Waals surface area contributed by atoms with Crippen molar-refractivity contribution >= 4 is 23.2 Å². The van der Waals surface area contributed by atoms with E-state index in [-0.39, 0.29) is 18.2 Å². The molecule has 0 saturated carbocycles. The molecule has 2 aromatic carbocycles. The molecule has 0 fully saturated rings. The summed E-state index contributed by atoms with van der Waals surface area (Å²) in [6, 6.07) is 16.2. The van der Waals surface area contributed by atoms with Gasteiger partial charge in [-0.2, -0.15) is 0 Å². The van der Waals surface area contributed by atoms with E-state index in [9.17, 15) is 9.59 Å². The second-order valence-electron chi connectivity index (χ2n) is 4.71. The zero-order chi connectivity index (χ0) is 14.7. The molecule has 2 aromatic rings. The molecule has 0 spiro atoms. The highest BCUT2D eigenvalue weighted by Gasteiger charge is 2.29. The highest BCUT2D eigenvalue weighted by atomic mass is 16.5. The molecule has 1 aliphatic rings. The van der Waals surface area contributed by atoms with E-state index in [1.54, 1.807) is 24.3 Å². The molecule has 21 heavy (non-hydrogen) atoms. The molecule has 2 amide bonds. The van der Waals surface area contributed by atoms with E-state index in [1.165, 1.54) is 0 Å². The summed E-state index contributed by atoms with van der Waals surface area (Å²) in [5, 5.41) is 5.47. The number of anilines is 2. The van der Waals surface area contributed by atoms with Crippen molar-refractivity contribution in [2.45, 2.75) is 12.5 Å². The van der Waals surface area contributed by atoms with Crippen molar-refractivity contribution in [1.29, 1.82) is 0 Å². The smallest absolute Gasteiger partial charge is 0.266 e. The van der Waals surface area contributed by atoms with Crippen molar-refractivity contribution in [2.75, 3.05) is 10.6 Å². The van der Waals surface area contributed by atoms with Crippen LogP contribution < -0.4 is 15.4 Å². The third-order valence-electron chi connectivity index (χ3n) is 3.13. The second-order valence-corrected chi connectivity index (χ2v) is 4.71. The Bertz CT molecular complexity index is 670. The number of hydrogen-bond acceptors (Lipinski definition) is 3. The maximum Gasteiger partial charge on any atom is 0.266 e. The number of fused-ring (bicyclic) bond motifs is 1. The van der Waals surface area contributed by atoms with E-state index >= 15 is 0 Å². The molecule has 0 aliphatic carbocycles. The fourth-order valence-electron chi connectivity index (χ4n) is 2.13. The lowest BCUT2D eigenvalue weighted by atomic mass is 10.1. The van der Waals surface area contributed by atoms with Crippen LogP contribution in [-0.2, 0) is 9.59 Å². The van der Waals surface area contributed by atoms with Crippen molar-refractivity contribution in [3.05, 3.63) is 54.6 Å². The minimum atomic E-state index is -0.816. The van der Waals surface area contributed by atoms with Gasteiger partial charge in [-0.1, -0.05) is 30.3 Å². The first kappa shape index (κ1) is 13.2. The molecule has 5 nitrogen and oxygen atoms in total. The van der Waals surface area contributed by atoms with Crippen LogP contribution in [0.3, 0.4) is 0 Å². The molecule has 1 atom stereocenters. The van der Waals surface area contributed by atoms with Crippen LogP contribution >= 0.6 is 0 Å². The maximum atomic E-state index is 12.0. The zero-order valence-corrected chi connectivity index (χ0v) is 11.2. The Morgan fingerprint density at radius 1 is 1.10 bits per heavy atom. The zero-order valence-electron chi connectivity index (χ0n) is 11.2. The number of carbonyl (C=O) groups excluding carboxylic acids is 2. The summed E-state index contributed by atoms with van der Waals surface area (Å²) in [4.78, 5) is 23.9. The standard InChI is InChI=1S/C16H14N2O3/c19-15(17-11-6-2-1-3-7-11)10-14-16(20)18-12-8-4-5-9-13(12)21-14/h1-9,14H,10H2,(H,17,19)(H,18,20). The van der Waals surface area contributed by atoms with Crippen molar-refractivity contribution in [3.63, 3.8) is 0 Å². The van der Waals surface area contributed by atoms with Gasteiger partial charge in [0.1, 0.15) is 5.75 Å². The van der Waals surface area contributed by atoms with Crippen LogP contribution in [0.15, 0.2) is 54.6 Å². The number of para-hydroxylation sites is 3. The van der Waals surface area contributed by atoms with E-state index in [0.29, 0.717) is 17.1 Å². The minimum Gasteiger partial charge on any atom is -0.478 e. The normalized spacial score (nSPS) is 16.4. The molecule has 5 heteroatoms. The van der Waals surface area contributed by atoms with Crippen LogP contribution in [0.1, 0.15) is 6.42 Å². The number of nitrogens with one attached hydrogen (secondary N) is 2. The minimum absolute atomic E-state index is 0.0327. The topological polar surface area (TPSA) is 67.4 Å². The number of rotatable bonds is 3. The molecule has 1 aliphatic heterocycles. The molecule has 106 valence electrons. The number of benzene rings is 2. The Morgan fingerprint density at radius 2 is 1.81 bits per heavy atom. The average molecular weight is 282 g/mol. The first-order chi connectivity index (χ1) is 10.2. The van der Waals surface area contributed by atoms with Crippen LogP contribution in [0.4, 0.5) is 11.4 Å². The second kappa shape index (κ2) is 5.66. The molecule has 0 radical (unpaired) electrons. The molecule has 3 rings (SSSR count).